The van der Waals surface area contributed by atoms with Gasteiger partial charge >= 0.3 is 0 Å². The van der Waals surface area contributed by atoms with Crippen molar-refractivity contribution in [1.29, 1.82) is 0 Å². The molecule has 222 valence electrons. The standard InChI is InChI=1S/C35H58IN2.HI/c36-28-20-16-12-8-4-3-7-11-15-19-25-35-27-23-31-38(33-35)30-21-17-13-9-5-1-2-6-10-14-18-24-34-26-22-29-37-32-34;/h22-23,26-27,29,31-33H,1-21,24-25,28,30H2;1H/q+1;/p-1. The highest BCUT2D eigenvalue weighted by Crippen LogP contribution is 2.14. The molecule has 0 fully saturated rings. The van der Waals surface area contributed by atoms with E-state index in [0.29, 0.717) is 0 Å². The maximum atomic E-state index is 4.21. The highest BCUT2D eigenvalue weighted by molar-refractivity contribution is 14.1. The SMILES string of the molecule is ICCCCCCCCCCCCc1ccc[n+](CCCCCCCCCCCCCc2cccnc2)c1.[I-]. The van der Waals surface area contributed by atoms with Gasteiger partial charge in [-0.1, -0.05) is 131 Å². The topological polar surface area (TPSA) is 16.8 Å². The first-order chi connectivity index (χ1) is 18.9. The lowest BCUT2D eigenvalue weighted by atomic mass is 10.0. The number of hydrogen-bond donors (Lipinski definition) is 0. The van der Waals surface area contributed by atoms with Crippen molar-refractivity contribution in [3.63, 3.8) is 0 Å². The van der Waals surface area contributed by atoms with E-state index in [-0.39, 0.29) is 24.0 Å². The molecular formula is C35H58I2N2. The molecule has 0 aliphatic heterocycles. The van der Waals surface area contributed by atoms with Crippen LogP contribution in [0.5, 0.6) is 0 Å². The zero-order valence-electron chi connectivity index (χ0n) is 24.9. The summed E-state index contributed by atoms with van der Waals surface area (Å²) >= 11 is 2.50. The zero-order chi connectivity index (χ0) is 26.8. The second-order valence-electron chi connectivity index (χ2n) is 11.4. The predicted octanol–water partition coefficient (Wildman–Crippen LogP) is 7.79. The van der Waals surface area contributed by atoms with E-state index < -0.39 is 0 Å². The number of aromatic nitrogens is 2. The molecule has 0 radical (unpaired) electrons. The molecule has 0 amide bonds. The molecule has 2 heterocycles. The van der Waals surface area contributed by atoms with Gasteiger partial charge in [-0.3, -0.25) is 4.98 Å². The summed E-state index contributed by atoms with van der Waals surface area (Å²) < 4.78 is 3.76. The second kappa shape index (κ2) is 27.9. The van der Waals surface area contributed by atoms with Gasteiger partial charge in [0.1, 0.15) is 6.54 Å². The van der Waals surface area contributed by atoms with Crippen LogP contribution >= 0.6 is 22.6 Å². The van der Waals surface area contributed by atoms with Crippen LogP contribution < -0.4 is 28.5 Å². The summed E-state index contributed by atoms with van der Waals surface area (Å²) in [7, 11) is 0. The van der Waals surface area contributed by atoms with Crippen LogP contribution in [0.15, 0.2) is 49.1 Å². The summed E-state index contributed by atoms with van der Waals surface area (Å²) in [5.41, 5.74) is 2.91. The number of halogens is 2. The molecule has 2 rings (SSSR count). The fourth-order valence-electron chi connectivity index (χ4n) is 5.46. The molecule has 2 nitrogen and oxygen atoms in total. The molecule has 4 heteroatoms. The van der Waals surface area contributed by atoms with Gasteiger partial charge in [-0.25, -0.2) is 4.57 Å². The Morgan fingerprint density at radius 1 is 0.538 bits per heavy atom. The second-order valence-corrected chi connectivity index (χ2v) is 12.5. The van der Waals surface area contributed by atoms with Crippen molar-refractivity contribution in [3.05, 3.63) is 60.2 Å². The Labute approximate surface area is 273 Å². The average molecular weight is 761 g/mol. The Morgan fingerprint density at radius 3 is 1.51 bits per heavy atom. The van der Waals surface area contributed by atoms with Crippen molar-refractivity contribution in [2.24, 2.45) is 0 Å². The summed E-state index contributed by atoms with van der Waals surface area (Å²) in [4.78, 5) is 4.21. The molecule has 0 atom stereocenters. The Morgan fingerprint density at radius 2 is 1.00 bits per heavy atom. The van der Waals surface area contributed by atoms with Gasteiger partial charge in [-0.2, -0.15) is 0 Å². The molecule has 0 N–H and O–H groups in total. The van der Waals surface area contributed by atoms with E-state index in [9.17, 15) is 0 Å². The number of nitrogens with zero attached hydrogens (tertiary/aromatic N) is 2. The quantitative estimate of drug-likeness (QED) is 0.0415. The summed E-state index contributed by atoms with van der Waals surface area (Å²) in [5.74, 6) is 0. The van der Waals surface area contributed by atoms with Crippen molar-refractivity contribution in [3.8, 4) is 0 Å². The molecule has 0 unspecified atom stereocenters. The van der Waals surface area contributed by atoms with Crippen LogP contribution in [-0.4, -0.2) is 9.41 Å². The highest BCUT2D eigenvalue weighted by atomic mass is 127. The number of hydrogen-bond acceptors (Lipinski definition) is 1. The Bertz CT molecular complexity index is 768. The van der Waals surface area contributed by atoms with Gasteiger partial charge in [-0.15, -0.1) is 0 Å². The van der Waals surface area contributed by atoms with Crippen molar-refractivity contribution in [2.45, 2.75) is 154 Å². The first-order valence-corrected chi connectivity index (χ1v) is 17.8. The maximum Gasteiger partial charge on any atom is 0.171 e. The average Bonchev–Trinajstić information content (AvgIpc) is 2.95. The van der Waals surface area contributed by atoms with Crippen LogP contribution in [0.2, 0.25) is 0 Å². The van der Waals surface area contributed by atoms with Gasteiger partial charge in [0, 0.05) is 30.4 Å². The molecule has 0 aliphatic carbocycles. The Balaban J connectivity index is 0.00000760. The van der Waals surface area contributed by atoms with Gasteiger partial charge in [0.2, 0.25) is 0 Å². The number of aryl methyl sites for hydroxylation is 3. The summed E-state index contributed by atoms with van der Waals surface area (Å²) in [6.45, 7) is 1.19. The monoisotopic (exact) mass is 760 g/mol. The molecular weight excluding hydrogens is 702 g/mol. The largest absolute Gasteiger partial charge is 1.00 e. The minimum atomic E-state index is 0. The summed E-state index contributed by atoms with van der Waals surface area (Å²) in [5, 5.41) is 0. The molecule has 0 aromatic carbocycles. The van der Waals surface area contributed by atoms with Crippen molar-refractivity contribution >= 4 is 22.6 Å². The summed E-state index contributed by atoms with van der Waals surface area (Å²) in [6, 6.07) is 8.83. The maximum absolute atomic E-state index is 4.21. The first kappa shape index (κ1) is 36.8. The van der Waals surface area contributed by atoms with Crippen molar-refractivity contribution in [2.75, 3.05) is 4.43 Å². The third kappa shape index (κ3) is 22.1. The van der Waals surface area contributed by atoms with E-state index in [1.807, 2.05) is 18.5 Å². The molecule has 2 aromatic rings. The number of rotatable bonds is 26. The molecule has 0 saturated heterocycles. The van der Waals surface area contributed by atoms with Crippen molar-refractivity contribution < 1.29 is 28.5 Å². The predicted molar refractivity (Wildman–Crippen MR) is 174 cm³/mol. The molecule has 39 heavy (non-hydrogen) atoms. The fourth-order valence-corrected chi connectivity index (χ4v) is 6.00. The molecule has 0 saturated carbocycles. The van der Waals surface area contributed by atoms with Gasteiger partial charge < -0.3 is 24.0 Å². The van der Waals surface area contributed by atoms with Crippen molar-refractivity contribution in [1.82, 2.24) is 4.98 Å². The van der Waals surface area contributed by atoms with Crippen LogP contribution in [0.25, 0.3) is 0 Å². The number of alkyl halides is 1. The van der Waals surface area contributed by atoms with Gasteiger partial charge in [0.25, 0.3) is 0 Å². The smallest absolute Gasteiger partial charge is 0.171 e. The van der Waals surface area contributed by atoms with Crippen LogP contribution in [0, 0.1) is 0 Å². The molecule has 2 aromatic heterocycles. The lowest BCUT2D eigenvalue weighted by Gasteiger charge is -2.04. The lowest BCUT2D eigenvalue weighted by molar-refractivity contribution is -0.697. The minimum absolute atomic E-state index is 0. The van der Waals surface area contributed by atoms with E-state index >= 15 is 0 Å². The third-order valence-corrected chi connectivity index (χ3v) is 8.64. The van der Waals surface area contributed by atoms with E-state index in [1.54, 1.807) is 0 Å². The van der Waals surface area contributed by atoms with E-state index in [2.05, 4.69) is 62.7 Å². The minimum Gasteiger partial charge on any atom is -1.00 e. The summed E-state index contributed by atoms with van der Waals surface area (Å²) in [6.07, 6.45) is 40.6. The van der Waals surface area contributed by atoms with E-state index in [0.717, 1.165) is 0 Å². The van der Waals surface area contributed by atoms with Gasteiger partial charge in [0.15, 0.2) is 12.4 Å². The zero-order valence-corrected chi connectivity index (χ0v) is 29.3. The van der Waals surface area contributed by atoms with E-state index in [4.69, 9.17) is 0 Å². The number of unbranched alkanes of at least 4 members (excludes halogenated alkanes) is 19. The molecule has 0 aliphatic rings. The van der Waals surface area contributed by atoms with Gasteiger partial charge in [-0.05, 0) is 60.6 Å². The normalized spacial score (nSPS) is 11.0. The fraction of sp³-hybridized carbons (Fsp3) is 0.714. The van der Waals surface area contributed by atoms with E-state index in [1.165, 1.54) is 170 Å². The van der Waals surface area contributed by atoms with Crippen LogP contribution in [0.1, 0.15) is 146 Å². The highest BCUT2D eigenvalue weighted by Gasteiger charge is 2.03. The lowest BCUT2D eigenvalue weighted by Crippen LogP contribution is -3.00. The van der Waals surface area contributed by atoms with Gasteiger partial charge in [0.05, 0.1) is 0 Å². The first-order valence-electron chi connectivity index (χ1n) is 16.3. The van der Waals surface area contributed by atoms with Crippen LogP contribution in [0.3, 0.4) is 0 Å². The Kier molecular flexibility index (Phi) is 26.3. The van der Waals surface area contributed by atoms with Crippen LogP contribution in [-0.2, 0) is 19.4 Å². The molecule has 0 bridgehead atoms. The Hall–Kier alpha value is -0.240. The van der Waals surface area contributed by atoms with Crippen LogP contribution in [0.4, 0.5) is 0 Å². The third-order valence-electron chi connectivity index (χ3n) is 7.87. The molecule has 0 spiro atoms. The number of pyridine rings is 2.